The molecule has 1 N–H and O–H groups in total. The number of benzene rings is 1. The maximum Gasteiger partial charge on any atom is 0.248 e. The number of hydrogen-bond acceptors (Lipinski definition) is 7. The second-order valence-corrected chi connectivity index (χ2v) is 7.71. The standard InChI is InChI=1S/C21H24FN7O/c1-15-9-19(25-21-23-14-29(26-21)17-4-2-3-16(22)11-17)24-20(10-15)28-12-18(13-28)27-5-7-30-8-6-27/h2-4,9-11,14,18H,5-8,12-13H2,1H3,(H,24,25,26). The molecule has 1 aromatic carbocycles. The first kappa shape index (κ1) is 19.0. The molecule has 4 heterocycles. The Hall–Kier alpha value is -3.04. The van der Waals surface area contributed by atoms with Crippen molar-refractivity contribution in [1.82, 2.24) is 24.6 Å². The van der Waals surface area contributed by atoms with Crippen molar-refractivity contribution in [3.05, 3.63) is 54.1 Å². The quantitative estimate of drug-likeness (QED) is 0.694. The van der Waals surface area contributed by atoms with E-state index in [2.05, 4.69) is 31.3 Å². The van der Waals surface area contributed by atoms with Crippen molar-refractivity contribution in [2.45, 2.75) is 13.0 Å². The molecule has 0 unspecified atom stereocenters. The summed E-state index contributed by atoms with van der Waals surface area (Å²) in [7, 11) is 0. The third kappa shape index (κ3) is 3.99. The molecular formula is C21H24FN7O. The molecule has 8 nitrogen and oxygen atoms in total. The van der Waals surface area contributed by atoms with Gasteiger partial charge >= 0.3 is 0 Å². The van der Waals surface area contributed by atoms with Crippen LogP contribution in [0.3, 0.4) is 0 Å². The highest BCUT2D eigenvalue weighted by Gasteiger charge is 2.33. The highest BCUT2D eigenvalue weighted by molar-refractivity contribution is 5.56. The summed E-state index contributed by atoms with van der Waals surface area (Å²) < 4.78 is 20.4. The molecule has 0 spiro atoms. The SMILES string of the molecule is Cc1cc(Nc2ncn(-c3cccc(F)c3)n2)nc(N2CC(N3CCOCC3)C2)c1. The molecule has 0 radical (unpaired) electrons. The zero-order valence-corrected chi connectivity index (χ0v) is 16.8. The Morgan fingerprint density at radius 3 is 2.77 bits per heavy atom. The van der Waals surface area contributed by atoms with Crippen LogP contribution in [0.2, 0.25) is 0 Å². The van der Waals surface area contributed by atoms with E-state index >= 15 is 0 Å². The van der Waals surface area contributed by atoms with Crippen LogP contribution in [0, 0.1) is 12.7 Å². The minimum absolute atomic E-state index is 0.313. The number of nitrogens with zero attached hydrogens (tertiary/aromatic N) is 6. The van der Waals surface area contributed by atoms with E-state index in [1.807, 2.05) is 13.0 Å². The molecule has 0 bridgehead atoms. The molecule has 156 valence electrons. The summed E-state index contributed by atoms with van der Waals surface area (Å²) in [6, 6.07) is 10.9. The minimum atomic E-state index is -0.313. The van der Waals surface area contributed by atoms with E-state index < -0.39 is 0 Å². The Bertz CT molecular complexity index is 1030. The number of aromatic nitrogens is 4. The molecule has 2 aliphatic heterocycles. The monoisotopic (exact) mass is 409 g/mol. The number of nitrogens with one attached hydrogen (secondary N) is 1. The summed E-state index contributed by atoms with van der Waals surface area (Å²) in [5.41, 5.74) is 1.73. The normalized spacial score (nSPS) is 17.7. The third-order valence-electron chi connectivity index (χ3n) is 5.51. The Morgan fingerprint density at radius 1 is 1.13 bits per heavy atom. The molecule has 0 saturated carbocycles. The van der Waals surface area contributed by atoms with E-state index in [4.69, 9.17) is 9.72 Å². The predicted molar refractivity (Wildman–Crippen MR) is 112 cm³/mol. The van der Waals surface area contributed by atoms with E-state index in [0.29, 0.717) is 23.5 Å². The molecule has 30 heavy (non-hydrogen) atoms. The zero-order chi connectivity index (χ0) is 20.5. The summed E-state index contributed by atoms with van der Waals surface area (Å²) in [6.45, 7) is 7.66. The average Bonchev–Trinajstić information content (AvgIpc) is 3.16. The molecule has 2 aromatic heterocycles. The van der Waals surface area contributed by atoms with Gasteiger partial charge in [-0.05, 0) is 42.8 Å². The van der Waals surface area contributed by atoms with Crippen LogP contribution in [0.25, 0.3) is 5.69 Å². The molecule has 3 aromatic rings. The van der Waals surface area contributed by atoms with Crippen LogP contribution in [0.1, 0.15) is 5.56 Å². The lowest BCUT2D eigenvalue weighted by molar-refractivity contribution is 0.0104. The van der Waals surface area contributed by atoms with Crippen LogP contribution in [0.5, 0.6) is 0 Å². The van der Waals surface area contributed by atoms with Gasteiger partial charge in [0, 0.05) is 32.2 Å². The van der Waals surface area contributed by atoms with Crippen molar-refractivity contribution < 1.29 is 9.13 Å². The van der Waals surface area contributed by atoms with Gasteiger partial charge in [0.05, 0.1) is 18.9 Å². The van der Waals surface area contributed by atoms with Gasteiger partial charge in [-0.1, -0.05) is 6.07 Å². The molecule has 0 amide bonds. The van der Waals surface area contributed by atoms with E-state index in [9.17, 15) is 4.39 Å². The maximum atomic E-state index is 13.5. The topological polar surface area (TPSA) is 71.3 Å². The predicted octanol–water partition coefficient (Wildman–Crippen LogP) is 2.37. The van der Waals surface area contributed by atoms with E-state index in [0.717, 1.165) is 50.8 Å². The van der Waals surface area contributed by atoms with E-state index in [-0.39, 0.29) is 5.82 Å². The smallest absolute Gasteiger partial charge is 0.248 e. The summed E-state index contributed by atoms with van der Waals surface area (Å²) in [6.07, 6.45) is 1.55. The lowest BCUT2D eigenvalue weighted by Crippen LogP contribution is -2.61. The Balaban J connectivity index is 1.27. The largest absolute Gasteiger partial charge is 0.379 e. The molecule has 5 rings (SSSR count). The lowest BCUT2D eigenvalue weighted by atomic mass is 10.1. The fourth-order valence-electron chi connectivity index (χ4n) is 3.87. The van der Waals surface area contributed by atoms with Gasteiger partial charge in [-0.3, -0.25) is 4.90 Å². The van der Waals surface area contributed by atoms with Gasteiger partial charge in [0.2, 0.25) is 5.95 Å². The number of rotatable bonds is 5. The highest BCUT2D eigenvalue weighted by atomic mass is 19.1. The van der Waals surface area contributed by atoms with Gasteiger partial charge in [0.15, 0.2) is 0 Å². The number of aryl methyl sites for hydroxylation is 1. The molecule has 2 aliphatic rings. The van der Waals surface area contributed by atoms with Crippen molar-refractivity contribution in [2.75, 3.05) is 49.6 Å². The number of hydrogen-bond donors (Lipinski definition) is 1. The first-order chi connectivity index (χ1) is 14.6. The molecule has 2 saturated heterocycles. The van der Waals surface area contributed by atoms with Crippen molar-refractivity contribution in [2.24, 2.45) is 0 Å². The highest BCUT2D eigenvalue weighted by Crippen LogP contribution is 2.26. The Labute approximate surface area is 174 Å². The summed E-state index contributed by atoms with van der Waals surface area (Å²) in [5.74, 6) is 1.74. The fraction of sp³-hybridized carbons (Fsp3) is 0.381. The molecule has 2 fully saturated rings. The molecule has 9 heteroatoms. The number of anilines is 3. The zero-order valence-electron chi connectivity index (χ0n) is 16.8. The molecular weight excluding hydrogens is 385 g/mol. The number of ether oxygens (including phenoxy) is 1. The maximum absolute atomic E-state index is 13.5. The first-order valence-corrected chi connectivity index (χ1v) is 10.1. The van der Waals surface area contributed by atoms with Gasteiger partial charge in [-0.25, -0.2) is 14.1 Å². The van der Waals surface area contributed by atoms with Gasteiger partial charge in [-0.2, -0.15) is 4.98 Å². The van der Waals surface area contributed by atoms with Crippen molar-refractivity contribution >= 4 is 17.6 Å². The number of pyridine rings is 1. The second kappa shape index (κ2) is 8.00. The average molecular weight is 409 g/mol. The minimum Gasteiger partial charge on any atom is -0.379 e. The van der Waals surface area contributed by atoms with Crippen LogP contribution in [0.4, 0.5) is 22.0 Å². The first-order valence-electron chi connectivity index (χ1n) is 10.1. The number of morpholine rings is 1. The van der Waals surface area contributed by atoms with Crippen LogP contribution < -0.4 is 10.2 Å². The molecule has 0 atom stereocenters. The summed E-state index contributed by atoms with van der Waals surface area (Å²) >= 11 is 0. The Kier molecular flexibility index (Phi) is 5.06. The fourth-order valence-corrected chi connectivity index (χ4v) is 3.87. The van der Waals surface area contributed by atoms with Crippen LogP contribution in [-0.4, -0.2) is 70.1 Å². The van der Waals surface area contributed by atoms with Crippen molar-refractivity contribution in [3.8, 4) is 5.69 Å². The summed E-state index contributed by atoms with van der Waals surface area (Å²) in [5, 5.41) is 7.55. The second-order valence-electron chi connectivity index (χ2n) is 7.71. The van der Waals surface area contributed by atoms with E-state index in [1.54, 1.807) is 18.5 Å². The van der Waals surface area contributed by atoms with Crippen molar-refractivity contribution in [3.63, 3.8) is 0 Å². The van der Waals surface area contributed by atoms with Crippen LogP contribution in [0.15, 0.2) is 42.7 Å². The molecule has 0 aliphatic carbocycles. The number of halogens is 1. The van der Waals surface area contributed by atoms with Gasteiger partial charge < -0.3 is 15.0 Å². The van der Waals surface area contributed by atoms with Crippen LogP contribution >= 0.6 is 0 Å². The van der Waals surface area contributed by atoms with Gasteiger partial charge in [0.25, 0.3) is 0 Å². The Morgan fingerprint density at radius 2 is 1.97 bits per heavy atom. The van der Waals surface area contributed by atoms with E-state index in [1.165, 1.54) is 16.8 Å². The third-order valence-corrected chi connectivity index (χ3v) is 5.51. The van der Waals surface area contributed by atoms with Crippen LogP contribution in [-0.2, 0) is 4.74 Å². The summed E-state index contributed by atoms with van der Waals surface area (Å²) in [4.78, 5) is 13.8. The van der Waals surface area contributed by atoms with Gasteiger partial charge in [-0.15, -0.1) is 5.10 Å². The van der Waals surface area contributed by atoms with Gasteiger partial charge in [0.1, 0.15) is 23.8 Å². The lowest BCUT2D eigenvalue weighted by Gasteiger charge is -2.47. The van der Waals surface area contributed by atoms with Crippen molar-refractivity contribution in [1.29, 1.82) is 0 Å².